The molecule has 0 spiro atoms. The Balaban J connectivity index is 2.62. The van der Waals surface area contributed by atoms with Gasteiger partial charge >= 0.3 is 0 Å². The molecular weight excluding hydrogens is 250 g/mol. The summed E-state index contributed by atoms with van der Waals surface area (Å²) in [5.74, 6) is 0.470. The van der Waals surface area contributed by atoms with E-state index in [0.717, 1.165) is 5.56 Å². The van der Waals surface area contributed by atoms with Gasteiger partial charge in [-0.3, -0.25) is 0 Å². The van der Waals surface area contributed by atoms with Crippen molar-refractivity contribution in [1.29, 1.82) is 0 Å². The molecule has 1 atom stereocenters. The van der Waals surface area contributed by atoms with Gasteiger partial charge in [0.15, 0.2) is 9.84 Å². The number of nitrogens with one attached hydrogen (secondary N) is 1. The second-order valence-electron chi connectivity index (χ2n) is 4.89. The van der Waals surface area contributed by atoms with Crippen molar-refractivity contribution in [2.75, 3.05) is 12.9 Å². The summed E-state index contributed by atoms with van der Waals surface area (Å²) in [6.45, 7) is 6.77. The fraction of sp³-hybridized carbons (Fsp3) is 0.538. The van der Waals surface area contributed by atoms with Crippen LogP contribution in [0.4, 0.5) is 0 Å². The summed E-state index contributed by atoms with van der Waals surface area (Å²) in [4.78, 5) is 5.68. The fourth-order valence-electron chi connectivity index (χ4n) is 1.41. The van der Waals surface area contributed by atoms with Crippen LogP contribution in [0.5, 0.6) is 0 Å². The highest BCUT2D eigenvalue weighted by molar-refractivity contribution is 7.90. The number of hydrogen-bond donors (Lipinski definition) is 1. The molecule has 18 heavy (non-hydrogen) atoms. The maximum Gasteiger partial charge on any atom is 0.175 e. The van der Waals surface area contributed by atoms with Crippen molar-refractivity contribution >= 4 is 9.84 Å². The number of hydrogen-bond acceptors (Lipinski definition) is 4. The van der Waals surface area contributed by atoms with Crippen LogP contribution in [0.3, 0.4) is 0 Å². The third-order valence-corrected chi connectivity index (χ3v) is 3.61. The second kappa shape index (κ2) is 6.31. The first kappa shape index (κ1) is 15.1. The Bertz CT molecular complexity index is 466. The Morgan fingerprint density at radius 1 is 1.17 bits per heavy atom. The highest BCUT2D eigenvalue weighted by Gasteiger charge is 2.09. The van der Waals surface area contributed by atoms with E-state index in [4.69, 9.17) is 4.84 Å². The van der Waals surface area contributed by atoms with E-state index in [-0.39, 0.29) is 6.04 Å². The van der Waals surface area contributed by atoms with Gasteiger partial charge in [-0.05, 0) is 30.5 Å². The molecule has 4 nitrogen and oxygen atoms in total. The Kier molecular flexibility index (Phi) is 5.31. The average Bonchev–Trinajstić information content (AvgIpc) is 2.27. The third-order valence-electron chi connectivity index (χ3n) is 2.49. The lowest BCUT2D eigenvalue weighted by Gasteiger charge is -2.15. The Labute approximate surface area is 109 Å². The lowest BCUT2D eigenvalue weighted by molar-refractivity contribution is 0.00408. The summed E-state index contributed by atoms with van der Waals surface area (Å²) in [6.07, 6.45) is 1.20. The fourth-order valence-corrected chi connectivity index (χ4v) is 2.04. The molecular formula is C13H21NO3S. The SMILES string of the molecule is CC(C)CONC(C)c1ccc(S(C)(=O)=O)cc1. The zero-order valence-corrected chi connectivity index (χ0v) is 12.1. The zero-order valence-electron chi connectivity index (χ0n) is 11.3. The quantitative estimate of drug-likeness (QED) is 0.807. The van der Waals surface area contributed by atoms with Crippen LogP contribution in [-0.2, 0) is 14.7 Å². The molecule has 0 aliphatic heterocycles. The minimum Gasteiger partial charge on any atom is -0.301 e. The van der Waals surface area contributed by atoms with Crippen molar-refractivity contribution in [1.82, 2.24) is 5.48 Å². The van der Waals surface area contributed by atoms with Gasteiger partial charge in [0.25, 0.3) is 0 Å². The monoisotopic (exact) mass is 271 g/mol. The van der Waals surface area contributed by atoms with Gasteiger partial charge in [-0.15, -0.1) is 0 Å². The summed E-state index contributed by atoms with van der Waals surface area (Å²) < 4.78 is 22.6. The van der Waals surface area contributed by atoms with Gasteiger partial charge in [0.2, 0.25) is 0 Å². The molecule has 0 aliphatic rings. The maximum atomic E-state index is 11.3. The van der Waals surface area contributed by atoms with Crippen LogP contribution >= 0.6 is 0 Å². The van der Waals surface area contributed by atoms with Gasteiger partial charge < -0.3 is 4.84 Å². The molecule has 0 amide bonds. The third kappa shape index (κ3) is 4.76. The lowest BCUT2D eigenvalue weighted by Crippen LogP contribution is -2.21. The Morgan fingerprint density at radius 3 is 2.17 bits per heavy atom. The van der Waals surface area contributed by atoms with E-state index in [9.17, 15) is 8.42 Å². The van der Waals surface area contributed by atoms with Crippen LogP contribution in [0.25, 0.3) is 0 Å². The van der Waals surface area contributed by atoms with Crippen LogP contribution in [0.2, 0.25) is 0 Å². The van der Waals surface area contributed by atoms with Crippen molar-refractivity contribution in [2.45, 2.75) is 31.7 Å². The van der Waals surface area contributed by atoms with E-state index < -0.39 is 9.84 Å². The normalized spacial score (nSPS) is 13.8. The average molecular weight is 271 g/mol. The molecule has 0 fully saturated rings. The molecule has 102 valence electrons. The Morgan fingerprint density at radius 2 is 1.72 bits per heavy atom. The van der Waals surface area contributed by atoms with Gasteiger partial charge in [-0.2, -0.15) is 5.48 Å². The van der Waals surface area contributed by atoms with Gasteiger partial charge in [0.05, 0.1) is 17.5 Å². The highest BCUT2D eigenvalue weighted by Crippen LogP contribution is 2.16. The van der Waals surface area contributed by atoms with Gasteiger partial charge in [-0.25, -0.2) is 8.42 Å². The van der Waals surface area contributed by atoms with Crippen LogP contribution in [0.15, 0.2) is 29.2 Å². The molecule has 0 aliphatic carbocycles. The summed E-state index contributed by atoms with van der Waals surface area (Å²) in [5.41, 5.74) is 3.93. The van der Waals surface area contributed by atoms with E-state index in [1.54, 1.807) is 24.3 Å². The molecule has 1 aromatic carbocycles. The van der Waals surface area contributed by atoms with E-state index in [1.165, 1.54) is 6.26 Å². The minimum atomic E-state index is -3.13. The zero-order chi connectivity index (χ0) is 13.8. The molecule has 1 aromatic rings. The Hall–Kier alpha value is -0.910. The van der Waals surface area contributed by atoms with Crippen LogP contribution in [0.1, 0.15) is 32.4 Å². The number of benzene rings is 1. The van der Waals surface area contributed by atoms with E-state index in [0.29, 0.717) is 17.4 Å². The molecule has 1 unspecified atom stereocenters. The van der Waals surface area contributed by atoms with Crippen molar-refractivity contribution in [2.24, 2.45) is 5.92 Å². The summed E-state index contributed by atoms with van der Waals surface area (Å²) in [7, 11) is -3.13. The maximum absolute atomic E-state index is 11.3. The topological polar surface area (TPSA) is 55.4 Å². The van der Waals surface area contributed by atoms with Gasteiger partial charge in [-0.1, -0.05) is 26.0 Å². The lowest BCUT2D eigenvalue weighted by atomic mass is 10.1. The van der Waals surface area contributed by atoms with Crippen LogP contribution < -0.4 is 5.48 Å². The number of hydroxylamine groups is 1. The minimum absolute atomic E-state index is 0.0253. The summed E-state index contributed by atoms with van der Waals surface area (Å²) in [6, 6.07) is 6.85. The molecule has 0 heterocycles. The van der Waals surface area contributed by atoms with Gasteiger partial charge in [0.1, 0.15) is 0 Å². The molecule has 0 radical (unpaired) electrons. The van der Waals surface area contributed by atoms with Crippen molar-refractivity contribution in [3.63, 3.8) is 0 Å². The second-order valence-corrected chi connectivity index (χ2v) is 6.90. The smallest absolute Gasteiger partial charge is 0.175 e. The summed E-state index contributed by atoms with van der Waals surface area (Å²) in [5, 5.41) is 0. The van der Waals surface area contributed by atoms with Crippen molar-refractivity contribution in [3.8, 4) is 0 Å². The largest absolute Gasteiger partial charge is 0.301 e. The highest BCUT2D eigenvalue weighted by atomic mass is 32.2. The molecule has 1 N–H and O–H groups in total. The first-order valence-electron chi connectivity index (χ1n) is 5.98. The van der Waals surface area contributed by atoms with Crippen LogP contribution in [-0.4, -0.2) is 21.3 Å². The van der Waals surface area contributed by atoms with E-state index >= 15 is 0 Å². The first-order chi connectivity index (χ1) is 8.30. The number of rotatable bonds is 6. The standard InChI is InChI=1S/C13H21NO3S/c1-10(2)9-17-14-11(3)12-5-7-13(8-6-12)18(4,15)16/h5-8,10-11,14H,9H2,1-4H3. The molecule has 0 aromatic heterocycles. The van der Waals surface area contributed by atoms with E-state index in [1.807, 2.05) is 6.92 Å². The van der Waals surface area contributed by atoms with E-state index in [2.05, 4.69) is 19.3 Å². The molecule has 0 saturated carbocycles. The van der Waals surface area contributed by atoms with Crippen molar-refractivity contribution < 1.29 is 13.3 Å². The molecule has 0 bridgehead atoms. The predicted molar refractivity (Wildman–Crippen MR) is 71.9 cm³/mol. The molecule has 0 saturated heterocycles. The first-order valence-corrected chi connectivity index (χ1v) is 7.87. The van der Waals surface area contributed by atoms with Gasteiger partial charge in [0, 0.05) is 6.26 Å². The van der Waals surface area contributed by atoms with Crippen molar-refractivity contribution in [3.05, 3.63) is 29.8 Å². The van der Waals surface area contributed by atoms with Crippen LogP contribution in [0, 0.1) is 5.92 Å². The summed E-state index contributed by atoms with van der Waals surface area (Å²) >= 11 is 0. The molecule has 1 rings (SSSR count). The number of sulfone groups is 1. The molecule has 5 heteroatoms. The predicted octanol–water partition coefficient (Wildman–Crippen LogP) is 2.33.